The molecule has 4 rings (SSSR count). The number of hydrogen-bond donors (Lipinski definition) is 0. The summed E-state index contributed by atoms with van der Waals surface area (Å²) in [5, 5.41) is 0.993. The minimum absolute atomic E-state index is 0.0107. The fourth-order valence-corrected chi connectivity index (χ4v) is 3.56. The Balaban J connectivity index is 1.65. The molecule has 1 heterocycles. The molecule has 0 spiro atoms. The Morgan fingerprint density at radius 2 is 1.88 bits per heavy atom. The van der Waals surface area contributed by atoms with Crippen LogP contribution in [0.15, 0.2) is 47.5 Å². The van der Waals surface area contributed by atoms with E-state index in [1.807, 2.05) is 18.2 Å². The van der Waals surface area contributed by atoms with E-state index in [0.29, 0.717) is 21.5 Å². The molecule has 0 atom stereocenters. The fourth-order valence-electron chi connectivity index (χ4n) is 3.40. The molecule has 4 nitrogen and oxygen atoms in total. The Kier molecular flexibility index (Phi) is 4.14. The molecule has 2 aromatic carbocycles. The molecule has 0 amide bonds. The van der Waals surface area contributed by atoms with E-state index in [9.17, 15) is 9.59 Å². The molecule has 1 aliphatic rings. The number of benzene rings is 2. The summed E-state index contributed by atoms with van der Waals surface area (Å²) in [6, 6.07) is 10.8. The van der Waals surface area contributed by atoms with Gasteiger partial charge in [0.25, 0.3) is 5.56 Å². The Hall–Kier alpha value is -2.46. The van der Waals surface area contributed by atoms with Crippen LogP contribution in [0.5, 0.6) is 0 Å². The van der Waals surface area contributed by atoms with Gasteiger partial charge in [0.1, 0.15) is 0 Å². The molecule has 3 aromatic rings. The zero-order valence-electron chi connectivity index (χ0n) is 13.7. The van der Waals surface area contributed by atoms with E-state index in [-0.39, 0.29) is 17.9 Å². The lowest BCUT2D eigenvalue weighted by atomic mass is 9.90. The molecule has 126 valence electrons. The number of carbonyl (C=O) groups excluding carboxylic acids is 1. The molecule has 0 unspecified atom stereocenters. The highest BCUT2D eigenvalue weighted by Gasteiger charge is 2.14. The van der Waals surface area contributed by atoms with Crippen LogP contribution in [-0.4, -0.2) is 15.3 Å². The molecule has 0 fully saturated rings. The third-order valence-electron chi connectivity index (χ3n) is 4.77. The van der Waals surface area contributed by atoms with Crippen molar-refractivity contribution in [2.75, 3.05) is 0 Å². The molecule has 0 radical (unpaired) electrons. The molecule has 0 bridgehead atoms. The average Bonchev–Trinajstić information content (AvgIpc) is 2.63. The van der Waals surface area contributed by atoms with Crippen LogP contribution in [0.1, 0.15) is 34.3 Å². The van der Waals surface area contributed by atoms with Gasteiger partial charge in [0, 0.05) is 10.6 Å². The van der Waals surface area contributed by atoms with Crippen molar-refractivity contribution in [1.29, 1.82) is 0 Å². The van der Waals surface area contributed by atoms with Gasteiger partial charge in [-0.1, -0.05) is 23.7 Å². The van der Waals surface area contributed by atoms with Crippen molar-refractivity contribution in [3.8, 4) is 0 Å². The Labute approximate surface area is 150 Å². The van der Waals surface area contributed by atoms with Crippen molar-refractivity contribution in [3.63, 3.8) is 0 Å². The predicted octanol–water partition coefficient (Wildman–Crippen LogP) is 3.81. The molecule has 0 N–H and O–H groups in total. The van der Waals surface area contributed by atoms with Crippen LogP contribution in [0.4, 0.5) is 0 Å². The van der Waals surface area contributed by atoms with Crippen LogP contribution in [0.3, 0.4) is 0 Å². The van der Waals surface area contributed by atoms with Crippen LogP contribution in [0.25, 0.3) is 10.9 Å². The maximum absolute atomic E-state index is 12.6. The molecular weight excluding hydrogens is 336 g/mol. The smallest absolute Gasteiger partial charge is 0.261 e. The molecule has 1 aliphatic carbocycles. The summed E-state index contributed by atoms with van der Waals surface area (Å²) in [4.78, 5) is 29.4. The second-order valence-corrected chi connectivity index (χ2v) is 6.89. The minimum atomic E-state index is -0.229. The number of hydrogen-bond acceptors (Lipinski definition) is 3. The maximum atomic E-state index is 12.6. The first-order chi connectivity index (χ1) is 12.1. The topological polar surface area (TPSA) is 52.0 Å². The van der Waals surface area contributed by atoms with Crippen molar-refractivity contribution < 1.29 is 4.79 Å². The average molecular weight is 353 g/mol. The summed E-state index contributed by atoms with van der Waals surface area (Å²) < 4.78 is 1.36. The number of rotatable bonds is 3. The first-order valence-corrected chi connectivity index (χ1v) is 8.79. The number of aromatic nitrogens is 2. The second kappa shape index (κ2) is 6.45. The van der Waals surface area contributed by atoms with Gasteiger partial charge in [0.2, 0.25) is 0 Å². The number of aryl methyl sites for hydroxylation is 2. The van der Waals surface area contributed by atoms with Crippen molar-refractivity contribution in [2.45, 2.75) is 32.2 Å². The monoisotopic (exact) mass is 352 g/mol. The third-order valence-corrected chi connectivity index (χ3v) is 5.01. The molecule has 1 aromatic heterocycles. The summed E-state index contributed by atoms with van der Waals surface area (Å²) in [7, 11) is 0. The number of carbonyl (C=O) groups is 1. The highest BCUT2D eigenvalue weighted by molar-refractivity contribution is 6.31. The van der Waals surface area contributed by atoms with E-state index in [2.05, 4.69) is 4.98 Å². The van der Waals surface area contributed by atoms with Gasteiger partial charge in [0.15, 0.2) is 5.78 Å². The summed E-state index contributed by atoms with van der Waals surface area (Å²) in [6.07, 6.45) is 5.90. The minimum Gasteiger partial charge on any atom is -0.292 e. The van der Waals surface area contributed by atoms with Crippen LogP contribution in [0.2, 0.25) is 5.02 Å². The lowest BCUT2D eigenvalue weighted by molar-refractivity contribution is 0.0970. The SMILES string of the molecule is O=C(Cn1cnc2cc(Cl)ccc2c1=O)c1ccc2c(c1)CCCC2. The molecule has 0 saturated carbocycles. The molecular formula is C20H17ClN2O2. The van der Waals surface area contributed by atoms with Gasteiger partial charge in [0.05, 0.1) is 23.8 Å². The lowest BCUT2D eigenvalue weighted by Crippen LogP contribution is -2.24. The molecule has 0 aliphatic heterocycles. The largest absolute Gasteiger partial charge is 0.292 e. The number of fused-ring (bicyclic) bond motifs is 2. The van der Waals surface area contributed by atoms with Gasteiger partial charge in [-0.2, -0.15) is 0 Å². The van der Waals surface area contributed by atoms with E-state index in [1.165, 1.54) is 34.9 Å². The van der Waals surface area contributed by atoms with Gasteiger partial charge >= 0.3 is 0 Å². The summed E-state index contributed by atoms with van der Waals surface area (Å²) in [5.41, 5.74) is 3.56. The summed E-state index contributed by atoms with van der Waals surface area (Å²) in [6.45, 7) is -0.0107. The van der Waals surface area contributed by atoms with Crippen LogP contribution in [0, 0.1) is 0 Å². The first kappa shape index (κ1) is 16.0. The molecule has 25 heavy (non-hydrogen) atoms. The normalized spacial score (nSPS) is 13.6. The Bertz CT molecular complexity index is 1040. The highest BCUT2D eigenvalue weighted by atomic mass is 35.5. The molecule has 0 saturated heterocycles. The maximum Gasteiger partial charge on any atom is 0.261 e. The number of Topliss-reactive ketones (excluding diaryl/α,β-unsaturated/α-hetero) is 1. The summed E-state index contributed by atoms with van der Waals surface area (Å²) in [5.74, 6) is -0.0782. The Morgan fingerprint density at radius 1 is 1.08 bits per heavy atom. The predicted molar refractivity (Wildman–Crippen MR) is 98.4 cm³/mol. The van der Waals surface area contributed by atoms with Gasteiger partial charge in [-0.25, -0.2) is 4.98 Å². The van der Waals surface area contributed by atoms with E-state index in [1.54, 1.807) is 18.2 Å². The van der Waals surface area contributed by atoms with Gasteiger partial charge < -0.3 is 0 Å². The van der Waals surface area contributed by atoms with Gasteiger partial charge in [-0.3, -0.25) is 14.2 Å². The molecule has 5 heteroatoms. The zero-order valence-corrected chi connectivity index (χ0v) is 14.4. The number of nitrogens with zero attached hydrogens (tertiary/aromatic N) is 2. The lowest BCUT2D eigenvalue weighted by Gasteiger charge is -2.16. The number of ketones is 1. The quantitative estimate of drug-likeness (QED) is 0.673. The van der Waals surface area contributed by atoms with Gasteiger partial charge in [-0.15, -0.1) is 0 Å². The van der Waals surface area contributed by atoms with E-state index >= 15 is 0 Å². The van der Waals surface area contributed by atoms with Crippen molar-refractivity contribution in [3.05, 3.63) is 74.8 Å². The van der Waals surface area contributed by atoms with Crippen LogP contribution in [-0.2, 0) is 19.4 Å². The highest BCUT2D eigenvalue weighted by Crippen LogP contribution is 2.22. The van der Waals surface area contributed by atoms with Crippen molar-refractivity contribution in [2.24, 2.45) is 0 Å². The van der Waals surface area contributed by atoms with Crippen molar-refractivity contribution in [1.82, 2.24) is 9.55 Å². The van der Waals surface area contributed by atoms with E-state index in [4.69, 9.17) is 11.6 Å². The van der Waals surface area contributed by atoms with Gasteiger partial charge in [-0.05, 0) is 61.1 Å². The zero-order chi connectivity index (χ0) is 17.4. The van der Waals surface area contributed by atoms with Crippen LogP contribution >= 0.6 is 11.6 Å². The fraction of sp³-hybridized carbons (Fsp3) is 0.250. The van der Waals surface area contributed by atoms with E-state index in [0.717, 1.165) is 12.8 Å². The first-order valence-electron chi connectivity index (χ1n) is 8.41. The van der Waals surface area contributed by atoms with Crippen molar-refractivity contribution >= 4 is 28.3 Å². The Morgan fingerprint density at radius 3 is 2.72 bits per heavy atom. The third kappa shape index (κ3) is 3.10. The summed E-state index contributed by atoms with van der Waals surface area (Å²) >= 11 is 5.93. The second-order valence-electron chi connectivity index (χ2n) is 6.45. The van der Waals surface area contributed by atoms with Crippen LogP contribution < -0.4 is 5.56 Å². The number of halogens is 1. The standard InChI is InChI=1S/C20H17ClN2O2/c21-16-7-8-17-18(10-16)22-12-23(20(17)25)11-19(24)15-6-5-13-3-1-2-4-14(13)9-15/h5-10,12H,1-4,11H2. The van der Waals surface area contributed by atoms with E-state index < -0.39 is 0 Å².